The predicted molar refractivity (Wildman–Crippen MR) is 152 cm³/mol. The van der Waals surface area contributed by atoms with Crippen LogP contribution in [0.5, 0.6) is 0 Å². The van der Waals surface area contributed by atoms with Crippen molar-refractivity contribution in [1.29, 1.82) is 0 Å². The first-order valence-electron chi connectivity index (χ1n) is 12.3. The van der Waals surface area contributed by atoms with E-state index in [1.807, 2.05) is 75.4 Å². The standard InChI is InChI=1S/C31H25Br2NO3/c1-30(2,3)29(37)26-25(17-8-11-19(32)12-9-17)31(27(35)21-6-4-5-7-22(21)28(31)36)24-15-10-18-16-20(33)13-14-23(18)34(24)26/h4-16,24-26H,1-3H3/t24-,25-,26-/m1/s1. The number of carbonyl (C=O) groups excluding carboxylic acids is 3. The van der Waals surface area contributed by atoms with Crippen molar-refractivity contribution in [3.05, 3.63) is 104 Å². The quantitative estimate of drug-likeness (QED) is 0.284. The van der Waals surface area contributed by atoms with E-state index in [1.54, 1.807) is 24.3 Å². The molecule has 1 spiro atoms. The van der Waals surface area contributed by atoms with Crippen LogP contribution in [-0.4, -0.2) is 29.4 Å². The normalized spacial score (nSPS) is 23.3. The van der Waals surface area contributed by atoms with Crippen LogP contribution in [0.1, 0.15) is 58.5 Å². The summed E-state index contributed by atoms with van der Waals surface area (Å²) >= 11 is 7.07. The summed E-state index contributed by atoms with van der Waals surface area (Å²) in [5, 5.41) is 0. The lowest BCUT2D eigenvalue weighted by Crippen LogP contribution is -2.49. The number of halogens is 2. The number of carbonyl (C=O) groups is 3. The first-order valence-corrected chi connectivity index (χ1v) is 13.9. The molecule has 6 heteroatoms. The minimum atomic E-state index is -1.45. The smallest absolute Gasteiger partial charge is 0.180 e. The summed E-state index contributed by atoms with van der Waals surface area (Å²) in [6, 6.07) is 19.4. The molecule has 37 heavy (non-hydrogen) atoms. The molecule has 1 saturated heterocycles. The van der Waals surface area contributed by atoms with Gasteiger partial charge in [0.05, 0.1) is 12.1 Å². The largest absolute Gasteiger partial charge is 0.352 e. The highest BCUT2D eigenvalue weighted by Gasteiger charge is 2.71. The fraction of sp³-hybridized carbons (Fsp3) is 0.258. The number of Topliss-reactive ketones (excluding diaryl/α,β-unsaturated/α-hetero) is 3. The Balaban J connectivity index is 1.70. The van der Waals surface area contributed by atoms with Crippen LogP contribution in [0.3, 0.4) is 0 Å². The van der Waals surface area contributed by atoms with Gasteiger partial charge in [-0.3, -0.25) is 14.4 Å². The van der Waals surface area contributed by atoms with Gasteiger partial charge in [-0.15, -0.1) is 0 Å². The van der Waals surface area contributed by atoms with Gasteiger partial charge in [0, 0.05) is 37.1 Å². The highest BCUT2D eigenvalue weighted by molar-refractivity contribution is 9.10. The van der Waals surface area contributed by atoms with Crippen molar-refractivity contribution in [2.24, 2.45) is 10.8 Å². The Kier molecular flexibility index (Phi) is 5.52. The van der Waals surface area contributed by atoms with Gasteiger partial charge in [0.15, 0.2) is 17.3 Å². The summed E-state index contributed by atoms with van der Waals surface area (Å²) in [5.74, 6) is -1.07. The van der Waals surface area contributed by atoms with Crippen molar-refractivity contribution < 1.29 is 14.4 Å². The maximum absolute atomic E-state index is 14.5. The maximum atomic E-state index is 14.5. The lowest BCUT2D eigenvalue weighted by molar-refractivity contribution is -0.127. The summed E-state index contributed by atoms with van der Waals surface area (Å²) in [6.07, 6.45) is 3.94. The molecule has 0 unspecified atom stereocenters. The molecule has 2 heterocycles. The van der Waals surface area contributed by atoms with Crippen LogP contribution < -0.4 is 4.90 Å². The summed E-state index contributed by atoms with van der Waals surface area (Å²) in [6.45, 7) is 5.72. The number of nitrogens with zero attached hydrogens (tertiary/aromatic N) is 1. The van der Waals surface area contributed by atoms with Crippen LogP contribution in [-0.2, 0) is 4.79 Å². The number of anilines is 1. The van der Waals surface area contributed by atoms with Crippen LogP contribution in [0.4, 0.5) is 5.69 Å². The molecule has 186 valence electrons. The van der Waals surface area contributed by atoms with Crippen LogP contribution in [0.25, 0.3) is 6.08 Å². The Morgan fingerprint density at radius 3 is 2.05 bits per heavy atom. The fourth-order valence-corrected chi connectivity index (χ4v) is 7.08. The molecule has 4 nitrogen and oxygen atoms in total. The van der Waals surface area contributed by atoms with E-state index in [-0.39, 0.29) is 17.3 Å². The van der Waals surface area contributed by atoms with Crippen molar-refractivity contribution in [2.45, 2.75) is 38.8 Å². The number of fused-ring (bicyclic) bond motifs is 5. The highest BCUT2D eigenvalue weighted by Crippen LogP contribution is 2.61. The molecular weight excluding hydrogens is 594 g/mol. The zero-order chi connectivity index (χ0) is 26.3. The van der Waals surface area contributed by atoms with Gasteiger partial charge >= 0.3 is 0 Å². The van der Waals surface area contributed by atoms with Crippen molar-refractivity contribution in [3.8, 4) is 0 Å². The molecule has 0 amide bonds. The van der Waals surface area contributed by atoms with E-state index in [0.717, 1.165) is 25.8 Å². The Bertz CT molecular complexity index is 1480. The van der Waals surface area contributed by atoms with Gasteiger partial charge in [-0.25, -0.2) is 0 Å². The molecule has 1 fully saturated rings. The summed E-state index contributed by atoms with van der Waals surface area (Å²) in [5.41, 5.74) is 1.34. The third-order valence-corrected chi connectivity index (χ3v) is 9.02. The molecular formula is C31H25Br2NO3. The number of benzene rings is 3. The monoisotopic (exact) mass is 617 g/mol. The van der Waals surface area contributed by atoms with Crippen molar-refractivity contribution in [3.63, 3.8) is 0 Å². The van der Waals surface area contributed by atoms with Crippen molar-refractivity contribution >= 4 is 61.0 Å². The minimum absolute atomic E-state index is 0.00280. The summed E-state index contributed by atoms with van der Waals surface area (Å²) < 4.78 is 1.81. The van der Waals surface area contributed by atoms with Crippen LogP contribution in [0.15, 0.2) is 81.8 Å². The maximum Gasteiger partial charge on any atom is 0.180 e. The molecule has 0 saturated carbocycles. The topological polar surface area (TPSA) is 54.5 Å². The third-order valence-electron chi connectivity index (χ3n) is 8.00. The number of hydrogen-bond acceptors (Lipinski definition) is 4. The molecule has 3 atom stereocenters. The van der Waals surface area contributed by atoms with E-state index in [1.165, 1.54) is 0 Å². The molecule has 1 aliphatic carbocycles. The van der Waals surface area contributed by atoms with Gasteiger partial charge in [0.25, 0.3) is 0 Å². The second-order valence-electron chi connectivity index (χ2n) is 11.1. The first-order chi connectivity index (χ1) is 17.6. The first kappa shape index (κ1) is 24.5. The predicted octanol–water partition coefficient (Wildman–Crippen LogP) is 7.26. The van der Waals surface area contributed by atoms with E-state index in [9.17, 15) is 14.4 Å². The second-order valence-corrected chi connectivity index (χ2v) is 12.9. The number of rotatable bonds is 2. The Labute approximate surface area is 233 Å². The highest BCUT2D eigenvalue weighted by atomic mass is 79.9. The molecule has 2 aliphatic heterocycles. The molecule has 0 aromatic heterocycles. The number of hydrogen-bond donors (Lipinski definition) is 0. The van der Waals surface area contributed by atoms with E-state index < -0.39 is 28.8 Å². The van der Waals surface area contributed by atoms with Gasteiger partial charge in [-0.05, 0) is 41.5 Å². The summed E-state index contributed by atoms with van der Waals surface area (Å²) in [7, 11) is 0. The van der Waals surface area contributed by atoms with E-state index in [0.29, 0.717) is 11.1 Å². The second kappa shape index (κ2) is 8.34. The molecule has 3 aromatic carbocycles. The Hall–Kier alpha value is -2.83. The van der Waals surface area contributed by atoms with Gasteiger partial charge in [0.1, 0.15) is 5.41 Å². The van der Waals surface area contributed by atoms with Gasteiger partial charge in [0.2, 0.25) is 0 Å². The molecule has 0 N–H and O–H groups in total. The lowest BCUT2D eigenvalue weighted by Gasteiger charge is -2.38. The van der Waals surface area contributed by atoms with Gasteiger partial charge < -0.3 is 4.90 Å². The van der Waals surface area contributed by atoms with Crippen molar-refractivity contribution in [2.75, 3.05) is 4.90 Å². The van der Waals surface area contributed by atoms with Crippen LogP contribution >= 0.6 is 31.9 Å². The summed E-state index contributed by atoms with van der Waals surface area (Å²) in [4.78, 5) is 45.5. The average molecular weight is 619 g/mol. The third kappa shape index (κ3) is 3.34. The molecule has 3 aromatic rings. The zero-order valence-corrected chi connectivity index (χ0v) is 23.8. The van der Waals surface area contributed by atoms with E-state index >= 15 is 0 Å². The Morgan fingerprint density at radius 1 is 0.865 bits per heavy atom. The molecule has 0 radical (unpaired) electrons. The van der Waals surface area contributed by atoms with Gasteiger partial charge in [-0.1, -0.05) is 101 Å². The van der Waals surface area contributed by atoms with Crippen molar-refractivity contribution in [1.82, 2.24) is 0 Å². The SMILES string of the molecule is CC(C)(C)C(=O)[C@H]1[C@@H](c2ccc(Br)cc2)C2(C(=O)c3ccccc3C2=O)[C@H]2C=Cc3cc(Br)ccc3N12. The molecule has 0 bridgehead atoms. The molecule has 3 aliphatic rings. The lowest BCUT2D eigenvalue weighted by atomic mass is 9.63. The van der Waals surface area contributed by atoms with Gasteiger partial charge in [-0.2, -0.15) is 0 Å². The minimum Gasteiger partial charge on any atom is -0.352 e. The fourth-order valence-electron chi connectivity index (χ4n) is 6.43. The molecule has 6 rings (SSSR count). The average Bonchev–Trinajstić information content (AvgIpc) is 3.29. The number of ketones is 3. The van der Waals surface area contributed by atoms with E-state index in [2.05, 4.69) is 36.8 Å². The van der Waals surface area contributed by atoms with Crippen LogP contribution in [0.2, 0.25) is 0 Å². The van der Waals surface area contributed by atoms with Crippen LogP contribution in [0, 0.1) is 10.8 Å². The van der Waals surface area contributed by atoms with E-state index in [4.69, 9.17) is 0 Å². The zero-order valence-electron chi connectivity index (χ0n) is 20.7. The Morgan fingerprint density at radius 2 is 1.46 bits per heavy atom.